The predicted octanol–water partition coefficient (Wildman–Crippen LogP) is 3.69. The molecule has 1 amide bonds. The van der Waals surface area contributed by atoms with Gasteiger partial charge >= 0.3 is 5.97 Å². The van der Waals surface area contributed by atoms with E-state index in [1.54, 1.807) is 12.1 Å². The van der Waals surface area contributed by atoms with Crippen LogP contribution in [0.1, 0.15) is 43.0 Å². The molecule has 1 aliphatic carbocycles. The molecule has 4 nitrogen and oxygen atoms in total. The summed E-state index contributed by atoms with van der Waals surface area (Å²) in [6.45, 7) is 1.93. The van der Waals surface area contributed by atoms with Crippen LogP contribution in [0, 0.1) is 5.92 Å². The summed E-state index contributed by atoms with van der Waals surface area (Å²) < 4.78 is 5.16. The summed E-state index contributed by atoms with van der Waals surface area (Å²) in [5.74, 6) is -0.200. The first-order chi connectivity index (χ1) is 11.6. The smallest absolute Gasteiger partial charge is 0.338 e. The van der Waals surface area contributed by atoms with E-state index in [9.17, 15) is 9.59 Å². The Labute approximate surface area is 142 Å². The van der Waals surface area contributed by atoms with Gasteiger partial charge in [-0.1, -0.05) is 50.1 Å². The molecular weight excluding hydrogens is 302 g/mol. The Morgan fingerprint density at radius 1 is 1.08 bits per heavy atom. The zero-order valence-electron chi connectivity index (χ0n) is 14.0. The van der Waals surface area contributed by atoms with Crippen molar-refractivity contribution in [2.45, 2.75) is 38.6 Å². The zero-order valence-corrected chi connectivity index (χ0v) is 14.0. The van der Waals surface area contributed by atoms with Crippen LogP contribution in [0.5, 0.6) is 0 Å². The summed E-state index contributed by atoms with van der Waals surface area (Å²) in [5.41, 5.74) is 0.465. The molecule has 0 unspecified atom stereocenters. The number of benzene rings is 2. The number of nitrogens with one attached hydrogen (secondary N) is 1. The van der Waals surface area contributed by atoms with Crippen LogP contribution in [0.25, 0.3) is 10.8 Å². The van der Waals surface area contributed by atoms with Gasteiger partial charge in [0.2, 0.25) is 0 Å². The van der Waals surface area contributed by atoms with Crippen LogP contribution in [0.4, 0.5) is 0 Å². The van der Waals surface area contributed by atoms with Gasteiger partial charge in [0.15, 0.2) is 6.61 Å². The molecule has 0 aromatic heterocycles. The van der Waals surface area contributed by atoms with Crippen molar-refractivity contribution in [2.75, 3.05) is 6.61 Å². The van der Waals surface area contributed by atoms with E-state index in [2.05, 4.69) is 12.2 Å². The van der Waals surface area contributed by atoms with Gasteiger partial charge in [-0.2, -0.15) is 0 Å². The maximum absolute atomic E-state index is 12.1. The van der Waals surface area contributed by atoms with Crippen LogP contribution < -0.4 is 5.32 Å². The van der Waals surface area contributed by atoms with Gasteiger partial charge in [0.05, 0.1) is 5.56 Å². The van der Waals surface area contributed by atoms with Crippen molar-refractivity contribution in [2.24, 2.45) is 5.92 Å². The minimum absolute atomic E-state index is 0.200. The van der Waals surface area contributed by atoms with E-state index in [0.29, 0.717) is 11.5 Å². The van der Waals surface area contributed by atoms with E-state index >= 15 is 0 Å². The zero-order chi connectivity index (χ0) is 16.9. The van der Waals surface area contributed by atoms with Crippen molar-refractivity contribution in [1.29, 1.82) is 0 Å². The standard InChI is InChI=1S/C20H23NO3/c1-14-6-2-5-9-18(14)21-19(22)13-24-20(23)17-11-10-15-7-3-4-8-16(15)12-17/h3-4,7-8,10-12,14,18H,2,5-6,9,13H2,1H3,(H,21,22)/t14-,18-/m0/s1. The average Bonchev–Trinajstić information content (AvgIpc) is 2.61. The molecule has 1 aliphatic rings. The van der Waals surface area contributed by atoms with E-state index in [1.165, 1.54) is 6.42 Å². The Bertz CT molecular complexity index is 740. The number of carbonyl (C=O) groups is 2. The summed E-state index contributed by atoms with van der Waals surface area (Å²) in [6, 6.07) is 13.4. The number of hydrogen-bond acceptors (Lipinski definition) is 3. The molecule has 3 rings (SSSR count). The lowest BCUT2D eigenvalue weighted by molar-refractivity contribution is -0.125. The van der Waals surface area contributed by atoms with Gasteiger partial charge in [-0.3, -0.25) is 4.79 Å². The summed E-state index contributed by atoms with van der Waals surface area (Å²) in [7, 11) is 0. The van der Waals surface area contributed by atoms with Gasteiger partial charge in [0.1, 0.15) is 0 Å². The van der Waals surface area contributed by atoms with Gasteiger partial charge in [0.25, 0.3) is 5.91 Å². The molecule has 1 fully saturated rings. The lowest BCUT2D eigenvalue weighted by Crippen LogP contribution is -2.42. The highest BCUT2D eigenvalue weighted by atomic mass is 16.5. The first-order valence-electron chi connectivity index (χ1n) is 8.59. The third kappa shape index (κ3) is 3.94. The average molecular weight is 325 g/mol. The summed E-state index contributed by atoms with van der Waals surface area (Å²) in [6.07, 6.45) is 4.52. The Hall–Kier alpha value is -2.36. The SMILES string of the molecule is C[C@H]1CCCC[C@@H]1NC(=O)COC(=O)c1ccc2ccccc2c1. The molecule has 0 heterocycles. The number of rotatable bonds is 4. The van der Waals surface area contributed by atoms with E-state index in [0.717, 1.165) is 30.0 Å². The molecule has 1 N–H and O–H groups in total. The van der Waals surface area contributed by atoms with E-state index in [-0.39, 0.29) is 18.6 Å². The highest BCUT2D eigenvalue weighted by Crippen LogP contribution is 2.23. The van der Waals surface area contributed by atoms with Crippen molar-refractivity contribution in [3.8, 4) is 0 Å². The molecule has 1 saturated carbocycles. The molecule has 2 atom stereocenters. The van der Waals surface area contributed by atoms with Gasteiger partial charge in [-0.05, 0) is 41.7 Å². The number of hydrogen-bond donors (Lipinski definition) is 1. The molecule has 24 heavy (non-hydrogen) atoms. The molecular formula is C20H23NO3. The van der Waals surface area contributed by atoms with E-state index < -0.39 is 5.97 Å². The summed E-state index contributed by atoms with van der Waals surface area (Å²) >= 11 is 0. The molecule has 2 aromatic rings. The Kier molecular flexibility index (Phi) is 5.14. The van der Waals surface area contributed by atoms with Crippen molar-refractivity contribution in [1.82, 2.24) is 5.32 Å². The van der Waals surface area contributed by atoms with Gasteiger partial charge in [-0.25, -0.2) is 4.79 Å². The molecule has 126 valence electrons. The van der Waals surface area contributed by atoms with Gasteiger partial charge in [-0.15, -0.1) is 0 Å². The summed E-state index contributed by atoms with van der Waals surface area (Å²) in [5, 5.41) is 5.04. The molecule has 0 saturated heterocycles. The minimum Gasteiger partial charge on any atom is -0.452 e. The number of esters is 1. The fraction of sp³-hybridized carbons (Fsp3) is 0.400. The molecule has 0 bridgehead atoms. The lowest BCUT2D eigenvalue weighted by atomic mass is 9.86. The largest absolute Gasteiger partial charge is 0.452 e. The predicted molar refractivity (Wildman–Crippen MR) is 93.8 cm³/mol. The van der Waals surface area contributed by atoms with Crippen molar-refractivity contribution < 1.29 is 14.3 Å². The third-order valence-corrected chi connectivity index (χ3v) is 4.78. The fourth-order valence-electron chi connectivity index (χ4n) is 3.31. The van der Waals surface area contributed by atoms with Crippen molar-refractivity contribution in [3.63, 3.8) is 0 Å². The molecule has 0 aliphatic heterocycles. The topological polar surface area (TPSA) is 55.4 Å². The molecule has 0 radical (unpaired) electrons. The third-order valence-electron chi connectivity index (χ3n) is 4.78. The van der Waals surface area contributed by atoms with E-state index in [1.807, 2.05) is 30.3 Å². The number of ether oxygens (including phenoxy) is 1. The second-order valence-corrected chi connectivity index (χ2v) is 6.57. The number of amides is 1. The van der Waals surface area contributed by atoms with E-state index in [4.69, 9.17) is 4.74 Å². The van der Waals surface area contributed by atoms with Gasteiger partial charge < -0.3 is 10.1 Å². The monoisotopic (exact) mass is 325 g/mol. The first kappa shape index (κ1) is 16.5. The van der Waals surface area contributed by atoms with Crippen LogP contribution in [-0.4, -0.2) is 24.5 Å². The highest BCUT2D eigenvalue weighted by molar-refractivity contribution is 5.96. The van der Waals surface area contributed by atoms with Crippen LogP contribution in [0.2, 0.25) is 0 Å². The number of fused-ring (bicyclic) bond motifs is 1. The van der Waals surface area contributed by atoms with Crippen molar-refractivity contribution in [3.05, 3.63) is 48.0 Å². The highest BCUT2D eigenvalue weighted by Gasteiger charge is 2.23. The normalized spacial score (nSPS) is 20.5. The first-order valence-corrected chi connectivity index (χ1v) is 8.59. The van der Waals surface area contributed by atoms with Crippen LogP contribution >= 0.6 is 0 Å². The molecule has 2 aromatic carbocycles. The molecule has 0 spiro atoms. The maximum Gasteiger partial charge on any atom is 0.338 e. The molecule has 4 heteroatoms. The fourth-order valence-corrected chi connectivity index (χ4v) is 3.31. The second-order valence-electron chi connectivity index (χ2n) is 6.57. The Balaban J connectivity index is 1.55. The lowest BCUT2D eigenvalue weighted by Gasteiger charge is -2.29. The Morgan fingerprint density at radius 3 is 2.62 bits per heavy atom. The Morgan fingerprint density at radius 2 is 1.83 bits per heavy atom. The number of carbonyl (C=O) groups excluding carboxylic acids is 2. The van der Waals surface area contributed by atoms with Crippen molar-refractivity contribution >= 4 is 22.6 Å². The van der Waals surface area contributed by atoms with Crippen LogP contribution in [0.15, 0.2) is 42.5 Å². The van der Waals surface area contributed by atoms with Gasteiger partial charge in [0, 0.05) is 6.04 Å². The minimum atomic E-state index is -0.465. The summed E-state index contributed by atoms with van der Waals surface area (Å²) in [4.78, 5) is 24.2. The van der Waals surface area contributed by atoms with Crippen LogP contribution in [-0.2, 0) is 9.53 Å². The quantitative estimate of drug-likeness (QED) is 0.872. The van der Waals surface area contributed by atoms with Crippen LogP contribution in [0.3, 0.4) is 0 Å². The maximum atomic E-state index is 12.1. The second kappa shape index (κ2) is 7.47.